The number of nitrogens with one attached hydrogen (secondary N) is 3. The third-order valence-electron chi connectivity index (χ3n) is 7.06. The van der Waals surface area contributed by atoms with Crippen LogP contribution in [0.5, 0.6) is 11.5 Å². The van der Waals surface area contributed by atoms with E-state index >= 15 is 0 Å². The molecule has 5 rings (SSSR count). The standard InChI is InChI=1S/C30H34FN7O4S/c31-23-4-2-22(3-5-23)20-28(39)35-29(43)33-24-6-8-25(9-7-24)41-26-10-11-32-27(21-26)34-30(40)42-38-18-16-37(17-19-38)15-14-36-12-1-13-36/h2-11,21H,1,12-20H2,(H,32,34,40)(H2,33,35,39,43). The van der Waals surface area contributed by atoms with Crippen LogP contribution in [0.25, 0.3) is 0 Å². The topological polar surface area (TPSA) is 111 Å². The van der Waals surface area contributed by atoms with Crippen molar-refractivity contribution in [1.29, 1.82) is 0 Å². The number of carbonyl (C=O) groups is 2. The van der Waals surface area contributed by atoms with Gasteiger partial charge in [-0.2, -0.15) is 0 Å². The molecule has 0 unspecified atom stereocenters. The van der Waals surface area contributed by atoms with Crippen LogP contribution < -0.4 is 20.7 Å². The first-order chi connectivity index (χ1) is 20.9. The van der Waals surface area contributed by atoms with E-state index in [0.29, 0.717) is 41.7 Å². The smallest absolute Gasteiger partial charge is 0.431 e. The second-order valence-electron chi connectivity index (χ2n) is 10.3. The Morgan fingerprint density at radius 2 is 1.56 bits per heavy atom. The number of aromatic nitrogens is 1. The quantitative estimate of drug-likeness (QED) is 0.294. The van der Waals surface area contributed by atoms with Crippen LogP contribution in [0.15, 0.2) is 66.9 Å². The van der Waals surface area contributed by atoms with Crippen molar-refractivity contribution < 1.29 is 23.6 Å². The number of benzene rings is 2. The van der Waals surface area contributed by atoms with Gasteiger partial charge in [-0.05, 0) is 79.8 Å². The molecule has 43 heavy (non-hydrogen) atoms. The van der Waals surface area contributed by atoms with Crippen LogP contribution in [0.3, 0.4) is 0 Å². The number of thiocarbonyl (C=S) groups is 1. The molecule has 2 aliphatic rings. The highest BCUT2D eigenvalue weighted by Gasteiger charge is 2.22. The molecule has 3 N–H and O–H groups in total. The lowest BCUT2D eigenvalue weighted by Crippen LogP contribution is -2.50. The van der Waals surface area contributed by atoms with Crippen molar-refractivity contribution in [1.82, 2.24) is 25.2 Å². The Balaban J connectivity index is 1.03. The third-order valence-corrected chi connectivity index (χ3v) is 7.27. The normalized spacial score (nSPS) is 15.7. The van der Waals surface area contributed by atoms with Gasteiger partial charge in [-0.1, -0.05) is 12.1 Å². The molecule has 2 aliphatic heterocycles. The molecule has 0 atom stereocenters. The van der Waals surface area contributed by atoms with Gasteiger partial charge >= 0.3 is 6.09 Å². The van der Waals surface area contributed by atoms with Crippen molar-refractivity contribution in [2.24, 2.45) is 0 Å². The van der Waals surface area contributed by atoms with Crippen molar-refractivity contribution >= 4 is 40.8 Å². The zero-order valence-corrected chi connectivity index (χ0v) is 24.4. The lowest BCUT2D eigenvalue weighted by atomic mass is 10.1. The van der Waals surface area contributed by atoms with Gasteiger partial charge in [-0.3, -0.25) is 15.0 Å². The van der Waals surface area contributed by atoms with Crippen LogP contribution in [-0.2, 0) is 16.1 Å². The summed E-state index contributed by atoms with van der Waals surface area (Å²) in [7, 11) is 0. The lowest BCUT2D eigenvalue weighted by molar-refractivity contribution is -0.119. The Kier molecular flexibility index (Phi) is 10.4. The second kappa shape index (κ2) is 14.8. The summed E-state index contributed by atoms with van der Waals surface area (Å²) in [6.07, 6.45) is 2.30. The minimum absolute atomic E-state index is 0.0748. The number of hydrogen-bond donors (Lipinski definition) is 3. The molecule has 11 nitrogen and oxygen atoms in total. The van der Waals surface area contributed by atoms with Gasteiger partial charge in [0, 0.05) is 57.2 Å². The number of hydroxylamine groups is 2. The highest BCUT2D eigenvalue weighted by molar-refractivity contribution is 7.80. The fourth-order valence-electron chi connectivity index (χ4n) is 4.58. The summed E-state index contributed by atoms with van der Waals surface area (Å²) < 4.78 is 19.0. The summed E-state index contributed by atoms with van der Waals surface area (Å²) >= 11 is 5.23. The highest BCUT2D eigenvalue weighted by Crippen LogP contribution is 2.24. The molecule has 13 heteroatoms. The molecule has 1 aromatic heterocycles. The highest BCUT2D eigenvalue weighted by atomic mass is 32.1. The number of carbonyl (C=O) groups excluding carboxylic acids is 2. The second-order valence-corrected chi connectivity index (χ2v) is 10.7. The van der Waals surface area contributed by atoms with Gasteiger partial charge in [0.1, 0.15) is 23.1 Å². The van der Waals surface area contributed by atoms with Crippen molar-refractivity contribution in [3.05, 3.63) is 78.2 Å². The molecule has 2 saturated heterocycles. The van der Waals surface area contributed by atoms with Gasteiger partial charge in [0.15, 0.2) is 5.11 Å². The van der Waals surface area contributed by atoms with Crippen LogP contribution in [0.2, 0.25) is 0 Å². The maximum Gasteiger partial charge on any atom is 0.431 e. The zero-order chi connectivity index (χ0) is 30.0. The van der Waals surface area contributed by atoms with E-state index in [1.54, 1.807) is 53.6 Å². The number of ether oxygens (including phenoxy) is 1. The molecule has 0 saturated carbocycles. The average molecular weight is 608 g/mol. The van der Waals surface area contributed by atoms with E-state index < -0.39 is 6.09 Å². The van der Waals surface area contributed by atoms with Gasteiger partial charge in [-0.15, -0.1) is 5.06 Å². The molecule has 0 radical (unpaired) electrons. The van der Waals surface area contributed by atoms with Crippen LogP contribution >= 0.6 is 12.2 Å². The van der Waals surface area contributed by atoms with E-state index in [4.69, 9.17) is 21.8 Å². The number of anilines is 2. The molecule has 3 aromatic rings. The minimum Gasteiger partial charge on any atom is -0.457 e. The first-order valence-corrected chi connectivity index (χ1v) is 14.6. The van der Waals surface area contributed by atoms with Crippen molar-refractivity contribution in [3.8, 4) is 11.5 Å². The van der Waals surface area contributed by atoms with E-state index in [-0.39, 0.29) is 23.3 Å². The minimum atomic E-state index is -0.602. The molecular formula is C30H34FN7O4S. The van der Waals surface area contributed by atoms with Gasteiger partial charge in [0.05, 0.1) is 6.42 Å². The number of hydrogen-bond acceptors (Lipinski definition) is 9. The number of amides is 2. The summed E-state index contributed by atoms with van der Waals surface area (Å²) in [6, 6.07) is 15.9. The number of rotatable bonds is 10. The maximum absolute atomic E-state index is 13.0. The largest absolute Gasteiger partial charge is 0.457 e. The van der Waals surface area contributed by atoms with Gasteiger partial charge in [0.25, 0.3) is 0 Å². The zero-order valence-electron chi connectivity index (χ0n) is 23.6. The van der Waals surface area contributed by atoms with Crippen LogP contribution in [0.4, 0.5) is 20.7 Å². The van der Waals surface area contributed by atoms with E-state index in [1.807, 2.05) is 0 Å². The summed E-state index contributed by atoms with van der Waals surface area (Å²) in [5.74, 6) is 0.651. The Labute approximate surface area is 254 Å². The first kappa shape index (κ1) is 30.3. The fourth-order valence-corrected chi connectivity index (χ4v) is 4.82. The average Bonchev–Trinajstić information content (AvgIpc) is 2.95. The number of halogens is 1. The van der Waals surface area contributed by atoms with E-state index in [2.05, 4.69) is 30.7 Å². The molecule has 2 amide bonds. The van der Waals surface area contributed by atoms with E-state index in [0.717, 1.165) is 26.2 Å². The number of pyridine rings is 1. The van der Waals surface area contributed by atoms with E-state index in [9.17, 15) is 14.0 Å². The van der Waals surface area contributed by atoms with Crippen molar-refractivity contribution in [2.45, 2.75) is 12.8 Å². The summed E-state index contributed by atoms with van der Waals surface area (Å²) in [5, 5.41) is 10.0. The third kappa shape index (κ3) is 9.68. The molecule has 0 spiro atoms. The van der Waals surface area contributed by atoms with Crippen molar-refractivity contribution in [2.75, 3.05) is 63.0 Å². The van der Waals surface area contributed by atoms with Crippen molar-refractivity contribution in [3.63, 3.8) is 0 Å². The van der Waals surface area contributed by atoms with Gasteiger partial charge < -0.3 is 25.1 Å². The monoisotopic (exact) mass is 607 g/mol. The molecule has 3 heterocycles. The Morgan fingerprint density at radius 1 is 0.860 bits per heavy atom. The Hall–Kier alpha value is -4.17. The van der Waals surface area contributed by atoms with Crippen LogP contribution in [0.1, 0.15) is 12.0 Å². The molecule has 226 valence electrons. The first-order valence-electron chi connectivity index (χ1n) is 14.2. The SMILES string of the molecule is O=C(Cc1ccc(F)cc1)NC(=S)Nc1ccc(Oc2ccnc(NC(=O)ON3CCN(CCN4CCC4)CC3)c2)cc1. The van der Waals surface area contributed by atoms with E-state index in [1.165, 1.54) is 37.8 Å². The molecular weight excluding hydrogens is 573 g/mol. The summed E-state index contributed by atoms with van der Waals surface area (Å²) in [4.78, 5) is 39.2. The maximum atomic E-state index is 13.0. The number of likely N-dealkylation sites (tertiary alicyclic amines) is 1. The molecule has 0 aliphatic carbocycles. The predicted molar refractivity (Wildman–Crippen MR) is 164 cm³/mol. The summed E-state index contributed by atoms with van der Waals surface area (Å²) in [5.41, 5.74) is 1.33. The summed E-state index contributed by atoms with van der Waals surface area (Å²) in [6.45, 7) is 7.57. The number of nitrogens with zero attached hydrogens (tertiary/aromatic N) is 4. The molecule has 2 aromatic carbocycles. The predicted octanol–water partition coefficient (Wildman–Crippen LogP) is 3.86. The Bertz CT molecular complexity index is 1400. The van der Waals surface area contributed by atoms with Gasteiger partial charge in [0.2, 0.25) is 5.91 Å². The fraction of sp³-hybridized carbons (Fsp3) is 0.333. The van der Waals surface area contributed by atoms with Crippen LogP contribution in [-0.4, -0.2) is 89.3 Å². The molecule has 2 fully saturated rings. The molecule has 0 bridgehead atoms. The lowest BCUT2D eigenvalue weighted by Gasteiger charge is -2.36. The van der Waals surface area contributed by atoms with Crippen LogP contribution in [0, 0.1) is 5.82 Å². The van der Waals surface area contributed by atoms with Gasteiger partial charge in [-0.25, -0.2) is 14.2 Å². The Morgan fingerprint density at radius 3 is 2.23 bits per heavy atom. The number of piperazine rings is 1.